The predicted molar refractivity (Wildman–Crippen MR) is 107 cm³/mol. The fraction of sp³-hybridized carbons (Fsp3) is 0.400. The van der Waals surface area contributed by atoms with Gasteiger partial charge in [-0.05, 0) is 43.3 Å². The van der Waals surface area contributed by atoms with Crippen LogP contribution in [-0.4, -0.2) is 72.5 Å². The summed E-state index contributed by atoms with van der Waals surface area (Å²) >= 11 is 0. The number of amides is 2. The number of aromatic nitrogens is 2. The van der Waals surface area contributed by atoms with Gasteiger partial charge in [-0.2, -0.15) is 0 Å². The first kappa shape index (κ1) is 20.7. The van der Waals surface area contributed by atoms with E-state index >= 15 is 0 Å². The first-order valence-corrected chi connectivity index (χ1v) is 9.66. The van der Waals surface area contributed by atoms with Crippen molar-refractivity contribution < 1.29 is 14.0 Å². The molecule has 1 aromatic heterocycles. The first-order valence-electron chi connectivity index (χ1n) is 9.66. The summed E-state index contributed by atoms with van der Waals surface area (Å²) in [5.74, 6) is -0.289. The summed E-state index contributed by atoms with van der Waals surface area (Å²) in [6.45, 7) is 4.96. The molecule has 1 aliphatic rings. The van der Waals surface area contributed by atoms with Gasteiger partial charge in [0.1, 0.15) is 5.82 Å². The van der Waals surface area contributed by atoms with Crippen molar-refractivity contribution in [2.75, 3.05) is 50.7 Å². The molecule has 9 heteroatoms. The number of nitrogens with one attached hydrogen (secondary N) is 2. The second-order valence-corrected chi connectivity index (χ2v) is 6.77. The van der Waals surface area contributed by atoms with E-state index < -0.39 is 11.7 Å². The molecule has 1 fully saturated rings. The monoisotopic (exact) mass is 400 g/mol. The molecule has 0 bridgehead atoms. The molecular formula is C20H25FN6O2. The second kappa shape index (κ2) is 10.5. The zero-order valence-corrected chi connectivity index (χ0v) is 16.2. The zero-order valence-electron chi connectivity index (χ0n) is 16.2. The quantitative estimate of drug-likeness (QED) is 0.633. The van der Waals surface area contributed by atoms with E-state index in [1.165, 1.54) is 24.3 Å². The van der Waals surface area contributed by atoms with Gasteiger partial charge in [0.05, 0.1) is 6.54 Å². The van der Waals surface area contributed by atoms with Crippen LogP contribution in [0.15, 0.2) is 42.7 Å². The molecule has 0 aliphatic carbocycles. The molecule has 1 saturated heterocycles. The number of anilines is 1. The number of carbonyl (C=O) groups excluding carboxylic acids is 2. The van der Waals surface area contributed by atoms with Crippen molar-refractivity contribution >= 4 is 17.8 Å². The highest BCUT2D eigenvalue weighted by molar-refractivity contribution is 5.96. The van der Waals surface area contributed by atoms with Crippen LogP contribution in [0.1, 0.15) is 16.8 Å². The lowest BCUT2D eigenvalue weighted by Crippen LogP contribution is -2.47. The van der Waals surface area contributed by atoms with E-state index in [1.54, 1.807) is 12.4 Å². The fourth-order valence-electron chi connectivity index (χ4n) is 3.08. The van der Waals surface area contributed by atoms with Gasteiger partial charge < -0.3 is 15.5 Å². The van der Waals surface area contributed by atoms with Gasteiger partial charge in [0, 0.05) is 50.7 Å². The molecule has 0 radical (unpaired) electrons. The highest BCUT2D eigenvalue weighted by Gasteiger charge is 2.18. The van der Waals surface area contributed by atoms with Crippen LogP contribution in [0.5, 0.6) is 0 Å². The van der Waals surface area contributed by atoms with Gasteiger partial charge in [-0.3, -0.25) is 14.5 Å². The van der Waals surface area contributed by atoms with Crippen molar-refractivity contribution in [1.82, 2.24) is 25.5 Å². The topological polar surface area (TPSA) is 90.5 Å². The molecule has 3 rings (SSSR count). The SMILES string of the molecule is O=C(CNC(=O)c1ccc(F)cc1)NCCCN1CCN(c2ncccn2)CC1. The van der Waals surface area contributed by atoms with Crippen LogP contribution in [-0.2, 0) is 4.79 Å². The van der Waals surface area contributed by atoms with Crippen LogP contribution >= 0.6 is 0 Å². The number of carbonyl (C=O) groups is 2. The van der Waals surface area contributed by atoms with E-state index in [0.29, 0.717) is 12.1 Å². The van der Waals surface area contributed by atoms with Crippen LogP contribution in [0.2, 0.25) is 0 Å². The average molecular weight is 400 g/mol. The Balaban J connectivity index is 1.26. The summed E-state index contributed by atoms with van der Waals surface area (Å²) in [5, 5.41) is 5.33. The van der Waals surface area contributed by atoms with Gasteiger partial charge >= 0.3 is 0 Å². The van der Waals surface area contributed by atoms with Crippen molar-refractivity contribution in [3.8, 4) is 0 Å². The van der Waals surface area contributed by atoms with E-state index in [4.69, 9.17) is 0 Å². The Labute approximate surface area is 169 Å². The van der Waals surface area contributed by atoms with E-state index in [2.05, 4.69) is 30.4 Å². The minimum absolute atomic E-state index is 0.105. The molecule has 0 atom stereocenters. The van der Waals surface area contributed by atoms with E-state index in [-0.39, 0.29) is 12.5 Å². The van der Waals surface area contributed by atoms with Gasteiger partial charge in [0.15, 0.2) is 0 Å². The number of rotatable bonds is 8. The van der Waals surface area contributed by atoms with E-state index in [9.17, 15) is 14.0 Å². The fourth-order valence-corrected chi connectivity index (χ4v) is 3.08. The number of benzene rings is 1. The molecule has 29 heavy (non-hydrogen) atoms. The van der Waals surface area contributed by atoms with Gasteiger partial charge in [0.25, 0.3) is 5.91 Å². The first-order chi connectivity index (χ1) is 14.1. The lowest BCUT2D eigenvalue weighted by molar-refractivity contribution is -0.120. The maximum Gasteiger partial charge on any atom is 0.251 e. The molecule has 0 saturated carbocycles. The van der Waals surface area contributed by atoms with Gasteiger partial charge in [-0.15, -0.1) is 0 Å². The Bertz CT molecular complexity index is 794. The maximum atomic E-state index is 12.9. The Morgan fingerprint density at radius 2 is 1.69 bits per heavy atom. The van der Waals surface area contributed by atoms with Crippen LogP contribution in [0, 0.1) is 5.82 Å². The Kier molecular flexibility index (Phi) is 7.46. The van der Waals surface area contributed by atoms with Crippen LogP contribution in [0.3, 0.4) is 0 Å². The number of hydrogen-bond donors (Lipinski definition) is 2. The third kappa shape index (κ3) is 6.49. The number of halogens is 1. The third-order valence-corrected chi connectivity index (χ3v) is 4.70. The molecule has 2 aromatic rings. The Morgan fingerprint density at radius 1 is 1.00 bits per heavy atom. The van der Waals surface area contributed by atoms with Gasteiger partial charge in [-0.1, -0.05) is 0 Å². The van der Waals surface area contributed by atoms with Crippen molar-refractivity contribution in [3.05, 3.63) is 54.1 Å². The molecule has 2 N–H and O–H groups in total. The summed E-state index contributed by atoms with van der Waals surface area (Å²) in [6, 6.07) is 6.99. The number of piperazine rings is 1. The molecule has 8 nitrogen and oxygen atoms in total. The summed E-state index contributed by atoms with van der Waals surface area (Å²) in [4.78, 5) is 36.8. The molecule has 2 amide bonds. The largest absolute Gasteiger partial charge is 0.355 e. The molecule has 1 aliphatic heterocycles. The van der Waals surface area contributed by atoms with Crippen molar-refractivity contribution in [2.45, 2.75) is 6.42 Å². The highest BCUT2D eigenvalue weighted by Crippen LogP contribution is 2.09. The molecule has 0 unspecified atom stereocenters. The van der Waals surface area contributed by atoms with E-state index in [0.717, 1.165) is 45.1 Å². The van der Waals surface area contributed by atoms with E-state index in [1.807, 2.05) is 6.07 Å². The normalized spacial score (nSPS) is 14.4. The summed E-state index contributed by atoms with van der Waals surface area (Å²) < 4.78 is 12.9. The van der Waals surface area contributed by atoms with Crippen LogP contribution in [0.25, 0.3) is 0 Å². The smallest absolute Gasteiger partial charge is 0.251 e. The predicted octanol–water partition coefficient (Wildman–Crippen LogP) is 0.674. The minimum atomic E-state index is -0.408. The Hall–Kier alpha value is -3.07. The molecule has 2 heterocycles. The standard InChI is InChI=1S/C20H25FN6O2/c21-17-5-3-16(4-6-17)19(29)25-15-18(28)22-9-2-10-26-11-13-27(14-12-26)20-23-7-1-8-24-20/h1,3-8H,2,9-15H2,(H,22,28)(H,25,29). The number of hydrogen-bond acceptors (Lipinski definition) is 6. The summed E-state index contributed by atoms with van der Waals surface area (Å²) in [7, 11) is 0. The molecular weight excluding hydrogens is 375 g/mol. The maximum absolute atomic E-state index is 12.9. The summed E-state index contributed by atoms with van der Waals surface area (Å²) in [6.07, 6.45) is 4.33. The summed E-state index contributed by atoms with van der Waals surface area (Å²) in [5.41, 5.74) is 0.319. The van der Waals surface area contributed by atoms with Crippen LogP contribution < -0.4 is 15.5 Å². The van der Waals surface area contributed by atoms with Gasteiger partial charge in [-0.25, -0.2) is 14.4 Å². The lowest BCUT2D eigenvalue weighted by atomic mass is 10.2. The van der Waals surface area contributed by atoms with Gasteiger partial charge in [0.2, 0.25) is 11.9 Å². The van der Waals surface area contributed by atoms with Crippen molar-refractivity contribution in [3.63, 3.8) is 0 Å². The average Bonchev–Trinajstić information content (AvgIpc) is 2.76. The highest BCUT2D eigenvalue weighted by atomic mass is 19.1. The molecule has 1 aromatic carbocycles. The minimum Gasteiger partial charge on any atom is -0.355 e. The zero-order chi connectivity index (χ0) is 20.5. The third-order valence-electron chi connectivity index (χ3n) is 4.70. The second-order valence-electron chi connectivity index (χ2n) is 6.77. The lowest BCUT2D eigenvalue weighted by Gasteiger charge is -2.34. The van der Waals surface area contributed by atoms with Crippen molar-refractivity contribution in [2.24, 2.45) is 0 Å². The Morgan fingerprint density at radius 3 is 2.38 bits per heavy atom. The molecule has 154 valence electrons. The molecule has 0 spiro atoms. The van der Waals surface area contributed by atoms with Crippen molar-refractivity contribution in [1.29, 1.82) is 0 Å². The van der Waals surface area contributed by atoms with Crippen LogP contribution in [0.4, 0.5) is 10.3 Å². The number of nitrogens with zero attached hydrogens (tertiary/aromatic N) is 4.